The fraction of sp³-hybridized carbons (Fsp3) is 0.417. The average Bonchev–Trinajstić information content (AvgIpc) is 3.29. The zero-order valence-electron chi connectivity index (χ0n) is 16.6. The van der Waals surface area contributed by atoms with Crippen LogP contribution in [0.25, 0.3) is 5.57 Å². The summed E-state index contributed by atoms with van der Waals surface area (Å²) in [5.41, 5.74) is 11.0. The van der Waals surface area contributed by atoms with E-state index >= 15 is 0 Å². The average molecular weight is 352 g/mol. The molecule has 0 bridgehead atoms. The predicted molar refractivity (Wildman–Crippen MR) is 112 cm³/mol. The maximum atomic E-state index is 10.0. The molecule has 0 aliphatic heterocycles. The number of hydrogen-bond donors (Lipinski definition) is 2. The zero-order chi connectivity index (χ0) is 19.2. The number of phenolic OH excluding ortho intramolecular Hbond substituents is 1. The molecule has 3 rings (SSSR count). The number of benzene rings is 2. The Labute approximate surface area is 158 Å². The van der Waals surface area contributed by atoms with E-state index in [1.165, 1.54) is 17.5 Å². The van der Waals surface area contributed by atoms with E-state index in [4.69, 9.17) is 5.73 Å². The van der Waals surface area contributed by atoms with E-state index in [9.17, 15) is 5.11 Å². The first-order chi connectivity index (χ1) is 12.6. The molecule has 0 heterocycles. The molecule has 1 aliphatic rings. The number of nitrogens with two attached hydrogens (primary N) is 1. The van der Waals surface area contributed by atoms with Crippen LogP contribution in [0.1, 0.15) is 63.6 Å². The molecular weight excluding hydrogens is 318 g/mol. The van der Waals surface area contributed by atoms with Crippen LogP contribution in [0.3, 0.4) is 0 Å². The molecule has 0 spiro atoms. The topological polar surface area (TPSA) is 46.2 Å². The van der Waals surface area contributed by atoms with E-state index in [2.05, 4.69) is 38.1 Å². The smallest absolute Gasteiger partial charge is 0.123 e. The van der Waals surface area contributed by atoms with Crippen LogP contribution in [0, 0.1) is 5.92 Å². The first-order valence-corrected chi connectivity index (χ1v) is 9.84. The minimum Gasteiger partial charge on any atom is -0.507 e. The van der Waals surface area contributed by atoms with Crippen molar-refractivity contribution in [2.45, 2.75) is 58.8 Å². The van der Waals surface area contributed by atoms with Gasteiger partial charge in [-0.1, -0.05) is 70.2 Å². The van der Waals surface area contributed by atoms with Crippen LogP contribution in [0.4, 0.5) is 0 Å². The molecule has 2 aromatic carbocycles. The lowest BCUT2D eigenvalue weighted by Crippen LogP contribution is -2.07. The highest BCUT2D eigenvalue weighted by Gasteiger charge is 2.48. The summed E-state index contributed by atoms with van der Waals surface area (Å²) in [6.45, 7) is 8.72. The van der Waals surface area contributed by atoms with Crippen molar-refractivity contribution in [2.75, 3.05) is 0 Å². The number of aromatic hydroxyl groups is 1. The number of phenols is 1. The molecule has 2 heteroatoms. The summed E-state index contributed by atoms with van der Waals surface area (Å²) in [5.74, 6) is 1.08. The number of rotatable bonds is 6. The molecular formula is C24H33NO. The Morgan fingerprint density at radius 3 is 2.38 bits per heavy atom. The van der Waals surface area contributed by atoms with Gasteiger partial charge >= 0.3 is 0 Å². The van der Waals surface area contributed by atoms with E-state index in [0.29, 0.717) is 11.2 Å². The van der Waals surface area contributed by atoms with Gasteiger partial charge < -0.3 is 10.8 Å². The first-order valence-electron chi connectivity index (χ1n) is 9.84. The second-order valence-corrected chi connectivity index (χ2v) is 7.24. The Kier molecular flexibility index (Phi) is 6.90. The minimum atomic E-state index is 0.300. The van der Waals surface area contributed by atoms with Crippen molar-refractivity contribution >= 4 is 5.57 Å². The van der Waals surface area contributed by atoms with E-state index in [-0.39, 0.29) is 0 Å². The van der Waals surface area contributed by atoms with E-state index in [0.717, 1.165) is 36.3 Å². The van der Waals surface area contributed by atoms with Gasteiger partial charge in [0, 0.05) is 5.56 Å². The van der Waals surface area contributed by atoms with Gasteiger partial charge in [0.1, 0.15) is 5.75 Å². The van der Waals surface area contributed by atoms with Gasteiger partial charge in [-0.2, -0.15) is 0 Å². The van der Waals surface area contributed by atoms with Crippen LogP contribution in [-0.4, -0.2) is 5.11 Å². The largest absolute Gasteiger partial charge is 0.507 e. The molecule has 2 aromatic rings. The summed E-state index contributed by atoms with van der Waals surface area (Å²) in [6.07, 6.45) is 5.86. The number of hydrogen-bond acceptors (Lipinski definition) is 2. The highest BCUT2D eigenvalue weighted by atomic mass is 16.3. The van der Waals surface area contributed by atoms with Crippen LogP contribution >= 0.6 is 0 Å². The summed E-state index contributed by atoms with van der Waals surface area (Å²) < 4.78 is 0. The van der Waals surface area contributed by atoms with Crippen LogP contribution in [0.2, 0.25) is 0 Å². The minimum absolute atomic E-state index is 0.300. The second-order valence-electron chi connectivity index (χ2n) is 7.24. The lowest BCUT2D eigenvalue weighted by molar-refractivity contribution is 0.473. The maximum absolute atomic E-state index is 10.0. The van der Waals surface area contributed by atoms with Gasteiger partial charge in [0.2, 0.25) is 0 Å². The van der Waals surface area contributed by atoms with Crippen molar-refractivity contribution in [3.8, 4) is 5.75 Å². The number of aryl methyl sites for hydroxylation is 1. The summed E-state index contributed by atoms with van der Waals surface area (Å²) in [6, 6.07) is 16.3. The lowest BCUT2D eigenvalue weighted by atomic mass is 9.88. The Morgan fingerprint density at radius 1 is 1.15 bits per heavy atom. The van der Waals surface area contributed by atoms with E-state index in [1.54, 1.807) is 12.3 Å². The monoisotopic (exact) mass is 351 g/mol. The quantitative estimate of drug-likeness (QED) is 0.666. The van der Waals surface area contributed by atoms with Crippen molar-refractivity contribution in [2.24, 2.45) is 11.7 Å². The first kappa shape index (κ1) is 20.1. The van der Waals surface area contributed by atoms with E-state index in [1.807, 2.05) is 32.0 Å². The highest BCUT2D eigenvalue weighted by molar-refractivity contribution is 5.69. The Balaban J connectivity index is 0.00000117. The van der Waals surface area contributed by atoms with Gasteiger partial charge in [0.15, 0.2) is 0 Å². The molecule has 0 radical (unpaired) electrons. The predicted octanol–water partition coefficient (Wildman–Crippen LogP) is 6.04. The molecule has 140 valence electrons. The van der Waals surface area contributed by atoms with Crippen molar-refractivity contribution < 1.29 is 5.11 Å². The van der Waals surface area contributed by atoms with Gasteiger partial charge in [-0.15, -0.1) is 0 Å². The Hall–Kier alpha value is -2.22. The van der Waals surface area contributed by atoms with Gasteiger partial charge in [-0.3, -0.25) is 0 Å². The molecule has 0 amide bonds. The Bertz CT molecular complexity index is 749. The maximum Gasteiger partial charge on any atom is 0.123 e. The van der Waals surface area contributed by atoms with Crippen molar-refractivity contribution in [1.29, 1.82) is 0 Å². The lowest BCUT2D eigenvalue weighted by Gasteiger charge is -2.17. The van der Waals surface area contributed by atoms with Gasteiger partial charge in [-0.05, 0) is 66.0 Å². The van der Waals surface area contributed by atoms with Gasteiger partial charge in [-0.25, -0.2) is 0 Å². The fourth-order valence-electron chi connectivity index (χ4n) is 3.77. The summed E-state index contributed by atoms with van der Waals surface area (Å²) in [7, 11) is 0. The summed E-state index contributed by atoms with van der Waals surface area (Å²) in [4.78, 5) is 0. The van der Waals surface area contributed by atoms with Crippen LogP contribution in [0.5, 0.6) is 5.75 Å². The van der Waals surface area contributed by atoms with Crippen LogP contribution in [0.15, 0.2) is 54.7 Å². The molecule has 26 heavy (non-hydrogen) atoms. The molecule has 2 unspecified atom stereocenters. The SMILES string of the molecule is CC.CC1CC1(C)c1ccccc1CCC/C(=C\N)c1ccccc1O. The third-order valence-corrected chi connectivity index (χ3v) is 5.63. The van der Waals surface area contributed by atoms with Crippen molar-refractivity contribution in [1.82, 2.24) is 0 Å². The fourth-order valence-corrected chi connectivity index (χ4v) is 3.77. The number of allylic oxidation sites excluding steroid dienone is 1. The molecule has 0 aromatic heterocycles. The molecule has 1 fully saturated rings. The van der Waals surface area contributed by atoms with Crippen molar-refractivity contribution in [3.63, 3.8) is 0 Å². The Morgan fingerprint density at radius 2 is 1.77 bits per heavy atom. The van der Waals surface area contributed by atoms with Crippen LogP contribution < -0.4 is 5.73 Å². The molecule has 1 saturated carbocycles. The molecule has 0 saturated heterocycles. The van der Waals surface area contributed by atoms with Crippen molar-refractivity contribution in [3.05, 3.63) is 71.4 Å². The number of para-hydroxylation sites is 1. The molecule has 2 nitrogen and oxygen atoms in total. The molecule has 2 atom stereocenters. The zero-order valence-corrected chi connectivity index (χ0v) is 16.6. The second kappa shape index (κ2) is 8.93. The summed E-state index contributed by atoms with van der Waals surface area (Å²) >= 11 is 0. The highest BCUT2D eigenvalue weighted by Crippen LogP contribution is 2.54. The third kappa shape index (κ3) is 4.30. The van der Waals surface area contributed by atoms with Gasteiger partial charge in [0.25, 0.3) is 0 Å². The summed E-state index contributed by atoms with van der Waals surface area (Å²) in [5, 5.41) is 10.0. The van der Waals surface area contributed by atoms with Gasteiger partial charge in [0.05, 0.1) is 0 Å². The molecule has 3 N–H and O–H groups in total. The molecule has 1 aliphatic carbocycles. The normalized spacial score (nSPS) is 21.7. The van der Waals surface area contributed by atoms with Crippen LogP contribution in [-0.2, 0) is 11.8 Å². The third-order valence-electron chi connectivity index (χ3n) is 5.63. The standard InChI is InChI=1S/C22H27NO.C2H6/c1-16-14-22(16,2)20-12-5-3-8-17(20)9-7-10-18(15-23)19-11-4-6-13-21(19)24;1-2/h3-6,8,11-13,15-16,24H,7,9-10,14,23H2,1-2H3;1-2H3/b18-15+;. The van der Waals surface area contributed by atoms with E-state index < -0.39 is 0 Å².